The Morgan fingerprint density at radius 3 is 3.00 bits per heavy atom. The average Bonchev–Trinajstić information content (AvgIpc) is 3.22. The number of nitrogens with one attached hydrogen (secondary N) is 2. The van der Waals surface area contributed by atoms with Crippen LogP contribution >= 0.6 is 15.9 Å². The number of carbonyl (C=O) groups excluding carboxylic acids is 1. The number of fused-ring (bicyclic) bond motifs is 1. The van der Waals surface area contributed by atoms with Gasteiger partial charge in [-0.3, -0.25) is 14.8 Å². The number of nitrogens with zero attached hydrogens (tertiary/aromatic N) is 2. The van der Waals surface area contributed by atoms with Crippen LogP contribution in [0.25, 0.3) is 11.0 Å². The van der Waals surface area contributed by atoms with Crippen molar-refractivity contribution in [3.8, 4) is 0 Å². The topological polar surface area (TPSA) is 66.9 Å². The molecule has 1 fully saturated rings. The van der Waals surface area contributed by atoms with Crippen molar-refractivity contribution in [2.75, 3.05) is 5.32 Å². The molecule has 2 heterocycles. The number of hydrogen-bond donors (Lipinski definition) is 2. The van der Waals surface area contributed by atoms with E-state index in [4.69, 9.17) is 0 Å². The molecule has 0 bridgehead atoms. The van der Waals surface area contributed by atoms with Crippen molar-refractivity contribution >= 4 is 38.6 Å². The number of anilines is 1. The second kappa shape index (κ2) is 5.36. The molecule has 3 rings (SSSR count). The van der Waals surface area contributed by atoms with Crippen LogP contribution in [0.1, 0.15) is 19.8 Å². The third kappa shape index (κ3) is 2.90. The molecule has 5 nitrogen and oxygen atoms in total. The highest BCUT2D eigenvalue weighted by Crippen LogP contribution is 2.23. The highest BCUT2D eigenvalue weighted by Gasteiger charge is 2.25. The molecule has 1 aliphatic carbocycles. The quantitative estimate of drug-likeness (QED) is 0.901. The maximum Gasteiger partial charge on any atom is 0.242 e. The molecule has 2 N–H and O–H groups in total. The fourth-order valence-corrected chi connectivity index (χ4v) is 2.29. The molecule has 0 aromatic carbocycles. The molecule has 1 aliphatic rings. The monoisotopic (exact) mass is 334 g/mol. The van der Waals surface area contributed by atoms with E-state index in [2.05, 4.69) is 36.5 Å². The normalized spacial score (nSPS) is 15.9. The standard InChI is InChI=1S/C14H15BrN4O/c1-8(14(20)19-10-2-3-10)18-11-4-5-16-12-6-9(15)7-17-13(11)12/h4-8,10H,2-3H2,1H3,(H,16,18)(H,19,20). The SMILES string of the molecule is CC(Nc1ccnc2cc(Br)cnc12)C(=O)NC1CC1. The van der Waals surface area contributed by atoms with Gasteiger partial charge in [0.1, 0.15) is 11.6 Å². The third-order valence-electron chi connectivity index (χ3n) is 3.23. The van der Waals surface area contributed by atoms with E-state index in [0.717, 1.165) is 34.0 Å². The highest BCUT2D eigenvalue weighted by atomic mass is 79.9. The van der Waals surface area contributed by atoms with E-state index in [0.29, 0.717) is 6.04 Å². The molecule has 0 aliphatic heterocycles. The first-order valence-corrected chi connectivity index (χ1v) is 7.40. The van der Waals surface area contributed by atoms with Crippen molar-refractivity contribution in [2.24, 2.45) is 0 Å². The zero-order chi connectivity index (χ0) is 14.1. The number of halogens is 1. The second-order valence-corrected chi connectivity index (χ2v) is 5.94. The molecule has 0 spiro atoms. The van der Waals surface area contributed by atoms with Crippen LogP contribution in [0.3, 0.4) is 0 Å². The van der Waals surface area contributed by atoms with E-state index in [1.54, 1.807) is 12.4 Å². The van der Waals surface area contributed by atoms with Gasteiger partial charge in [0.15, 0.2) is 0 Å². The molecular formula is C14H15BrN4O. The van der Waals surface area contributed by atoms with Gasteiger partial charge < -0.3 is 10.6 Å². The number of pyridine rings is 2. The molecule has 0 saturated heterocycles. The molecule has 20 heavy (non-hydrogen) atoms. The summed E-state index contributed by atoms with van der Waals surface area (Å²) < 4.78 is 0.883. The Morgan fingerprint density at radius 2 is 2.25 bits per heavy atom. The van der Waals surface area contributed by atoms with Gasteiger partial charge >= 0.3 is 0 Å². The first-order valence-electron chi connectivity index (χ1n) is 6.60. The van der Waals surface area contributed by atoms with Crippen LogP contribution in [0.5, 0.6) is 0 Å². The summed E-state index contributed by atoms with van der Waals surface area (Å²) >= 11 is 3.38. The van der Waals surface area contributed by atoms with Crippen LogP contribution in [-0.4, -0.2) is 28.0 Å². The first kappa shape index (κ1) is 13.3. The summed E-state index contributed by atoms with van der Waals surface area (Å²) in [6.45, 7) is 1.85. The Kier molecular flexibility index (Phi) is 3.56. The van der Waals surface area contributed by atoms with Crippen molar-refractivity contribution in [3.63, 3.8) is 0 Å². The lowest BCUT2D eigenvalue weighted by Crippen LogP contribution is -2.38. The van der Waals surface area contributed by atoms with Gasteiger partial charge in [-0.15, -0.1) is 0 Å². The van der Waals surface area contributed by atoms with Gasteiger partial charge in [-0.25, -0.2) is 0 Å². The Bertz CT molecular complexity index is 657. The lowest BCUT2D eigenvalue weighted by Gasteiger charge is -2.16. The van der Waals surface area contributed by atoms with Crippen LogP contribution < -0.4 is 10.6 Å². The van der Waals surface area contributed by atoms with Crippen molar-refractivity contribution in [2.45, 2.75) is 31.8 Å². The fourth-order valence-electron chi connectivity index (χ4n) is 1.97. The van der Waals surface area contributed by atoms with E-state index < -0.39 is 0 Å². The van der Waals surface area contributed by atoms with Crippen molar-refractivity contribution in [1.82, 2.24) is 15.3 Å². The predicted octanol–water partition coefficient (Wildman–Crippen LogP) is 2.47. The molecule has 1 atom stereocenters. The minimum Gasteiger partial charge on any atom is -0.372 e. The maximum absolute atomic E-state index is 12.0. The summed E-state index contributed by atoms with van der Waals surface area (Å²) in [7, 11) is 0. The van der Waals surface area contributed by atoms with Gasteiger partial charge in [-0.2, -0.15) is 0 Å². The molecular weight excluding hydrogens is 320 g/mol. The summed E-state index contributed by atoms with van der Waals surface area (Å²) in [5.74, 6) is 0.0228. The van der Waals surface area contributed by atoms with Crippen molar-refractivity contribution in [1.29, 1.82) is 0 Å². The molecule has 1 saturated carbocycles. The van der Waals surface area contributed by atoms with E-state index in [1.165, 1.54) is 0 Å². The first-order chi connectivity index (χ1) is 9.63. The predicted molar refractivity (Wildman–Crippen MR) is 81.5 cm³/mol. The van der Waals surface area contributed by atoms with Crippen LogP contribution in [0.2, 0.25) is 0 Å². The Hall–Kier alpha value is -1.69. The van der Waals surface area contributed by atoms with Gasteiger partial charge in [0, 0.05) is 22.9 Å². The van der Waals surface area contributed by atoms with Gasteiger partial charge in [0.25, 0.3) is 0 Å². The summed E-state index contributed by atoms with van der Waals surface area (Å²) in [5, 5.41) is 6.19. The lowest BCUT2D eigenvalue weighted by molar-refractivity contribution is -0.121. The van der Waals surface area contributed by atoms with Gasteiger partial charge in [0.2, 0.25) is 5.91 Å². The van der Waals surface area contributed by atoms with Crippen molar-refractivity contribution in [3.05, 3.63) is 29.0 Å². The molecule has 1 amide bonds. The Balaban J connectivity index is 1.80. The van der Waals surface area contributed by atoms with E-state index in [9.17, 15) is 4.79 Å². The van der Waals surface area contributed by atoms with Crippen LogP contribution in [-0.2, 0) is 4.79 Å². The molecule has 2 aromatic rings. The van der Waals surface area contributed by atoms with Crippen LogP contribution in [0.4, 0.5) is 5.69 Å². The molecule has 0 radical (unpaired) electrons. The Morgan fingerprint density at radius 1 is 1.45 bits per heavy atom. The largest absolute Gasteiger partial charge is 0.372 e. The zero-order valence-corrected chi connectivity index (χ0v) is 12.6. The minimum atomic E-state index is -0.299. The Labute approximate surface area is 125 Å². The van der Waals surface area contributed by atoms with Crippen molar-refractivity contribution < 1.29 is 4.79 Å². The minimum absolute atomic E-state index is 0.0228. The fraction of sp³-hybridized carbons (Fsp3) is 0.357. The molecule has 104 valence electrons. The smallest absolute Gasteiger partial charge is 0.242 e. The van der Waals surface area contributed by atoms with E-state index in [-0.39, 0.29) is 11.9 Å². The number of carbonyl (C=O) groups is 1. The third-order valence-corrected chi connectivity index (χ3v) is 3.67. The lowest BCUT2D eigenvalue weighted by atomic mass is 10.2. The van der Waals surface area contributed by atoms with Crippen LogP contribution in [0, 0.1) is 0 Å². The average molecular weight is 335 g/mol. The van der Waals surface area contributed by atoms with Crippen LogP contribution in [0.15, 0.2) is 29.0 Å². The molecule has 6 heteroatoms. The summed E-state index contributed by atoms with van der Waals surface area (Å²) in [5.41, 5.74) is 2.38. The van der Waals surface area contributed by atoms with E-state index in [1.807, 2.05) is 19.1 Å². The summed E-state index contributed by atoms with van der Waals surface area (Å²) in [4.78, 5) is 20.6. The maximum atomic E-state index is 12.0. The molecule has 2 aromatic heterocycles. The zero-order valence-electron chi connectivity index (χ0n) is 11.1. The van der Waals surface area contributed by atoms with Gasteiger partial charge in [-0.05, 0) is 47.8 Å². The highest BCUT2D eigenvalue weighted by molar-refractivity contribution is 9.10. The number of hydrogen-bond acceptors (Lipinski definition) is 4. The number of amides is 1. The summed E-state index contributed by atoms with van der Waals surface area (Å²) in [6.07, 6.45) is 5.62. The number of rotatable bonds is 4. The second-order valence-electron chi connectivity index (χ2n) is 5.03. The molecule has 1 unspecified atom stereocenters. The number of aromatic nitrogens is 2. The van der Waals surface area contributed by atoms with E-state index >= 15 is 0 Å². The summed E-state index contributed by atoms with van der Waals surface area (Å²) in [6, 6.07) is 3.81. The van der Waals surface area contributed by atoms with Gasteiger partial charge in [-0.1, -0.05) is 0 Å². The van der Waals surface area contributed by atoms with Gasteiger partial charge in [0.05, 0.1) is 11.2 Å².